The van der Waals surface area contributed by atoms with Crippen molar-refractivity contribution in [3.05, 3.63) is 0 Å². The molecule has 1 atom stereocenters. The van der Waals surface area contributed by atoms with Gasteiger partial charge < -0.3 is 10.1 Å². The molecule has 1 rings (SSSR count). The Balaban J connectivity index is 2.37. The van der Waals surface area contributed by atoms with Crippen molar-refractivity contribution in [2.45, 2.75) is 65.0 Å². The first-order valence-electron chi connectivity index (χ1n) is 7.63. The number of hydrogen-bond donors (Lipinski definition) is 1. The molecule has 6 heteroatoms. The van der Waals surface area contributed by atoms with Crippen LogP contribution in [0.15, 0.2) is 0 Å². The molecule has 0 aromatic rings. The van der Waals surface area contributed by atoms with E-state index in [0.717, 1.165) is 25.7 Å². The number of nitrogens with one attached hydrogen (secondary N) is 1. The van der Waals surface area contributed by atoms with Crippen LogP contribution >= 0.6 is 0 Å². The molecule has 124 valence electrons. The first-order valence-corrected chi connectivity index (χ1v) is 9.69. The third kappa shape index (κ3) is 7.69. The summed E-state index contributed by atoms with van der Waals surface area (Å²) in [6.07, 6.45) is 4.61. The van der Waals surface area contributed by atoms with E-state index in [9.17, 15) is 13.2 Å². The number of sulfone groups is 1. The van der Waals surface area contributed by atoms with E-state index in [4.69, 9.17) is 4.74 Å². The Hall–Kier alpha value is -0.780. The summed E-state index contributed by atoms with van der Waals surface area (Å²) in [5.41, 5.74) is -0.481. The molecule has 0 spiro atoms. The summed E-state index contributed by atoms with van der Waals surface area (Å²) in [4.78, 5) is 11.7. The fraction of sp³-hybridized carbons (Fsp3) is 0.933. The summed E-state index contributed by atoms with van der Waals surface area (Å²) in [5, 5.41) is 2.90. The van der Waals surface area contributed by atoms with Crippen molar-refractivity contribution in [3.8, 4) is 0 Å². The van der Waals surface area contributed by atoms with E-state index in [0.29, 0.717) is 5.92 Å². The first-order chi connectivity index (χ1) is 9.46. The summed E-state index contributed by atoms with van der Waals surface area (Å²) in [5.74, 6) is 0.862. The van der Waals surface area contributed by atoms with Crippen LogP contribution in [-0.2, 0) is 14.6 Å². The Labute approximate surface area is 128 Å². The fourth-order valence-electron chi connectivity index (χ4n) is 2.92. The van der Waals surface area contributed by atoms with Crippen molar-refractivity contribution in [2.24, 2.45) is 11.8 Å². The summed E-state index contributed by atoms with van der Waals surface area (Å²) in [6.45, 7) is 7.54. The van der Waals surface area contributed by atoms with Gasteiger partial charge in [-0.1, -0.05) is 6.92 Å². The summed E-state index contributed by atoms with van der Waals surface area (Å²) < 4.78 is 28.0. The molecule has 1 aliphatic carbocycles. The van der Waals surface area contributed by atoms with Gasteiger partial charge in [-0.25, -0.2) is 13.2 Å². The van der Waals surface area contributed by atoms with Crippen LogP contribution in [0.4, 0.5) is 4.79 Å². The minimum atomic E-state index is -2.92. The van der Waals surface area contributed by atoms with Gasteiger partial charge in [-0.15, -0.1) is 0 Å². The van der Waals surface area contributed by atoms with Gasteiger partial charge in [0.1, 0.15) is 15.4 Å². The van der Waals surface area contributed by atoms with Crippen molar-refractivity contribution >= 4 is 15.9 Å². The third-order valence-corrected chi connectivity index (χ3v) is 4.99. The van der Waals surface area contributed by atoms with Crippen molar-refractivity contribution < 1.29 is 17.9 Å². The monoisotopic (exact) mass is 319 g/mol. The van der Waals surface area contributed by atoms with E-state index in [2.05, 4.69) is 5.32 Å². The smallest absolute Gasteiger partial charge is 0.407 e. The van der Waals surface area contributed by atoms with Gasteiger partial charge in [-0.2, -0.15) is 0 Å². The Morgan fingerprint density at radius 3 is 2.19 bits per heavy atom. The quantitative estimate of drug-likeness (QED) is 0.865. The van der Waals surface area contributed by atoms with Crippen LogP contribution in [0.2, 0.25) is 0 Å². The molecule has 21 heavy (non-hydrogen) atoms. The normalized spacial score (nSPS) is 25.2. The largest absolute Gasteiger partial charge is 0.444 e. The molecule has 0 aromatic heterocycles. The number of amides is 1. The Morgan fingerprint density at radius 1 is 1.24 bits per heavy atom. The number of hydrogen-bond acceptors (Lipinski definition) is 4. The lowest BCUT2D eigenvalue weighted by Gasteiger charge is -2.32. The van der Waals surface area contributed by atoms with Gasteiger partial charge in [0.25, 0.3) is 0 Å². The zero-order chi connectivity index (χ0) is 16.3. The molecule has 0 radical (unpaired) electrons. The Morgan fingerprint density at radius 2 is 1.76 bits per heavy atom. The predicted molar refractivity (Wildman–Crippen MR) is 84.0 cm³/mol. The number of carbonyl (C=O) groups is 1. The first kappa shape index (κ1) is 18.3. The molecule has 0 aromatic carbocycles. The van der Waals surface area contributed by atoms with Crippen molar-refractivity contribution in [1.29, 1.82) is 0 Å². The number of rotatable bonds is 4. The van der Waals surface area contributed by atoms with Crippen molar-refractivity contribution in [1.82, 2.24) is 5.32 Å². The highest BCUT2D eigenvalue weighted by atomic mass is 32.2. The minimum Gasteiger partial charge on any atom is -0.444 e. The summed E-state index contributed by atoms with van der Waals surface area (Å²) in [6, 6.07) is 0.140. The van der Waals surface area contributed by atoms with Crippen LogP contribution in [0.25, 0.3) is 0 Å². The summed E-state index contributed by atoms with van der Waals surface area (Å²) >= 11 is 0. The highest BCUT2D eigenvalue weighted by Gasteiger charge is 2.28. The molecule has 0 heterocycles. The lowest BCUT2D eigenvalue weighted by Crippen LogP contribution is -2.41. The maximum Gasteiger partial charge on any atom is 0.407 e. The van der Waals surface area contributed by atoms with Gasteiger partial charge in [0.05, 0.1) is 5.75 Å². The predicted octanol–water partition coefficient (Wildman–Crippen LogP) is 2.75. The lowest BCUT2D eigenvalue weighted by atomic mass is 9.79. The third-order valence-electron chi connectivity index (χ3n) is 3.86. The standard InChI is InChI=1S/C15H29NO4S/c1-11(10-21(5,18)19)12-6-8-13(9-7-12)16-14(17)20-15(2,3)4/h11-13H,6-10H2,1-5H3,(H,16,17)/t11?,12-,13-. The van der Waals surface area contributed by atoms with Gasteiger partial charge in [-0.3, -0.25) is 0 Å². The highest BCUT2D eigenvalue weighted by molar-refractivity contribution is 7.90. The van der Waals surface area contributed by atoms with Gasteiger partial charge in [0, 0.05) is 12.3 Å². The number of alkyl carbamates (subject to hydrolysis) is 1. The van der Waals surface area contributed by atoms with Crippen LogP contribution in [0, 0.1) is 11.8 Å². The topological polar surface area (TPSA) is 72.5 Å². The SMILES string of the molecule is CC(CS(C)(=O)=O)[C@H]1CC[C@H](NC(=O)OC(C)(C)C)CC1. The highest BCUT2D eigenvalue weighted by Crippen LogP contribution is 2.31. The van der Waals surface area contributed by atoms with Crippen LogP contribution < -0.4 is 5.32 Å². The molecular weight excluding hydrogens is 290 g/mol. The van der Waals surface area contributed by atoms with Crippen molar-refractivity contribution in [2.75, 3.05) is 12.0 Å². The minimum absolute atomic E-state index is 0.140. The average molecular weight is 319 g/mol. The van der Waals surface area contributed by atoms with E-state index in [1.54, 1.807) is 0 Å². The number of carbonyl (C=O) groups excluding carboxylic acids is 1. The fourth-order valence-corrected chi connectivity index (χ4v) is 4.15. The van der Waals surface area contributed by atoms with E-state index < -0.39 is 15.4 Å². The molecule has 5 nitrogen and oxygen atoms in total. The lowest BCUT2D eigenvalue weighted by molar-refractivity contribution is 0.0484. The van der Waals surface area contributed by atoms with Gasteiger partial charge in [0.15, 0.2) is 0 Å². The maximum atomic E-state index is 11.7. The Kier molecular flexibility index (Phi) is 6.08. The second kappa shape index (κ2) is 6.99. The zero-order valence-electron chi connectivity index (χ0n) is 13.8. The number of ether oxygens (including phenoxy) is 1. The molecule has 1 N–H and O–H groups in total. The molecule has 0 bridgehead atoms. The second-order valence-corrected chi connectivity index (χ2v) is 9.51. The van der Waals surface area contributed by atoms with E-state index in [-0.39, 0.29) is 23.8 Å². The Bertz CT molecular complexity index is 445. The van der Waals surface area contributed by atoms with Gasteiger partial charge in [-0.05, 0) is 58.3 Å². The van der Waals surface area contributed by atoms with Crippen LogP contribution in [0.1, 0.15) is 53.4 Å². The second-order valence-electron chi connectivity index (χ2n) is 7.33. The molecule has 1 amide bonds. The molecule has 1 saturated carbocycles. The molecule has 0 saturated heterocycles. The molecule has 1 aliphatic rings. The average Bonchev–Trinajstić information content (AvgIpc) is 2.24. The van der Waals surface area contributed by atoms with E-state index >= 15 is 0 Å². The van der Waals surface area contributed by atoms with Crippen LogP contribution in [0.3, 0.4) is 0 Å². The summed E-state index contributed by atoms with van der Waals surface area (Å²) in [7, 11) is -2.92. The van der Waals surface area contributed by atoms with Gasteiger partial charge in [0.2, 0.25) is 0 Å². The van der Waals surface area contributed by atoms with Gasteiger partial charge >= 0.3 is 6.09 Å². The molecule has 0 aliphatic heterocycles. The molecule has 1 unspecified atom stereocenters. The van der Waals surface area contributed by atoms with Crippen LogP contribution in [0.5, 0.6) is 0 Å². The van der Waals surface area contributed by atoms with Crippen molar-refractivity contribution in [3.63, 3.8) is 0 Å². The van der Waals surface area contributed by atoms with Crippen LogP contribution in [-0.4, -0.2) is 38.2 Å². The zero-order valence-corrected chi connectivity index (χ0v) is 14.6. The molecule has 1 fully saturated rings. The maximum absolute atomic E-state index is 11.7. The van der Waals surface area contributed by atoms with E-state index in [1.807, 2.05) is 27.7 Å². The molecular formula is C15H29NO4S. The van der Waals surface area contributed by atoms with E-state index in [1.165, 1.54) is 6.26 Å².